The summed E-state index contributed by atoms with van der Waals surface area (Å²) in [6.07, 6.45) is 5.71. The van der Waals surface area contributed by atoms with E-state index in [2.05, 4.69) is 58.0 Å². The summed E-state index contributed by atoms with van der Waals surface area (Å²) in [6, 6.07) is 6.40. The van der Waals surface area contributed by atoms with Crippen molar-refractivity contribution in [1.82, 2.24) is 0 Å². The van der Waals surface area contributed by atoms with Gasteiger partial charge in [0.05, 0.1) is 7.11 Å². The zero-order chi connectivity index (χ0) is 13.3. The van der Waals surface area contributed by atoms with Gasteiger partial charge < -0.3 is 4.74 Å². The van der Waals surface area contributed by atoms with Crippen LogP contribution in [0.15, 0.2) is 41.5 Å². The molecule has 18 heavy (non-hydrogen) atoms. The first-order valence-corrected chi connectivity index (χ1v) is 6.48. The Hall–Kier alpha value is -1.50. The van der Waals surface area contributed by atoms with Crippen molar-refractivity contribution in [3.63, 3.8) is 0 Å². The van der Waals surface area contributed by atoms with Crippen molar-refractivity contribution in [2.75, 3.05) is 7.11 Å². The quantitative estimate of drug-likeness (QED) is 0.755. The fraction of sp³-hybridized carbons (Fsp3) is 0.412. The topological polar surface area (TPSA) is 9.23 Å². The molecule has 1 nitrogen and oxygen atoms in total. The van der Waals surface area contributed by atoms with E-state index in [0.717, 1.165) is 12.2 Å². The zero-order valence-corrected chi connectivity index (χ0v) is 12.0. The lowest BCUT2D eigenvalue weighted by Gasteiger charge is -2.28. The average Bonchev–Trinajstić information content (AvgIpc) is 2.76. The van der Waals surface area contributed by atoms with Gasteiger partial charge in [-0.2, -0.15) is 0 Å². The molecule has 1 aliphatic carbocycles. The Morgan fingerprint density at radius 2 is 1.89 bits per heavy atom. The monoisotopic (exact) mass is 242 g/mol. The highest BCUT2D eigenvalue weighted by Crippen LogP contribution is 2.40. The molecule has 0 unspecified atom stereocenters. The first-order chi connectivity index (χ1) is 8.45. The van der Waals surface area contributed by atoms with Crippen molar-refractivity contribution in [2.45, 2.75) is 39.5 Å². The Balaban J connectivity index is 2.50. The van der Waals surface area contributed by atoms with Crippen LogP contribution < -0.4 is 4.74 Å². The van der Waals surface area contributed by atoms with E-state index in [1.807, 2.05) is 0 Å². The van der Waals surface area contributed by atoms with Crippen LogP contribution in [-0.2, 0) is 5.41 Å². The summed E-state index contributed by atoms with van der Waals surface area (Å²) in [6.45, 7) is 8.85. The van der Waals surface area contributed by atoms with Gasteiger partial charge in [0, 0.05) is 11.0 Å². The molecule has 1 aromatic carbocycles. The highest BCUT2D eigenvalue weighted by Gasteiger charge is 2.29. The normalized spacial score (nSPS) is 15.4. The smallest absolute Gasteiger partial charge is 0.122 e. The second-order valence-corrected chi connectivity index (χ2v) is 5.68. The molecule has 0 N–H and O–H groups in total. The fourth-order valence-electron chi connectivity index (χ4n) is 2.56. The van der Waals surface area contributed by atoms with Gasteiger partial charge in [0.25, 0.3) is 0 Å². The number of hydrogen-bond donors (Lipinski definition) is 0. The van der Waals surface area contributed by atoms with Crippen LogP contribution in [0.2, 0.25) is 0 Å². The molecule has 0 atom stereocenters. The first-order valence-electron chi connectivity index (χ1n) is 6.48. The van der Waals surface area contributed by atoms with Gasteiger partial charge in [-0.05, 0) is 31.9 Å². The van der Waals surface area contributed by atoms with Gasteiger partial charge in [0.15, 0.2) is 0 Å². The highest BCUT2D eigenvalue weighted by molar-refractivity contribution is 5.51. The summed E-state index contributed by atoms with van der Waals surface area (Å²) >= 11 is 0. The van der Waals surface area contributed by atoms with E-state index in [4.69, 9.17) is 4.74 Å². The lowest BCUT2D eigenvalue weighted by Crippen LogP contribution is -2.20. The summed E-state index contributed by atoms with van der Waals surface area (Å²) in [5, 5.41) is 0. The first kappa shape index (κ1) is 12.9. The number of hydrogen-bond acceptors (Lipinski definition) is 1. The Morgan fingerprint density at radius 3 is 2.44 bits per heavy atom. The Labute approximate surface area is 110 Å². The van der Waals surface area contributed by atoms with Crippen molar-refractivity contribution in [2.24, 2.45) is 0 Å². The molecular formula is C17H22O. The van der Waals surface area contributed by atoms with Gasteiger partial charge in [-0.1, -0.05) is 49.3 Å². The minimum atomic E-state index is -0.00484. The molecule has 0 aromatic heterocycles. The summed E-state index contributed by atoms with van der Waals surface area (Å²) in [4.78, 5) is 0. The van der Waals surface area contributed by atoms with E-state index in [-0.39, 0.29) is 5.41 Å². The van der Waals surface area contributed by atoms with Crippen molar-refractivity contribution in [3.8, 4) is 5.75 Å². The maximum absolute atomic E-state index is 5.53. The molecule has 1 aromatic rings. The largest absolute Gasteiger partial charge is 0.496 e. The van der Waals surface area contributed by atoms with E-state index < -0.39 is 0 Å². The predicted octanol–water partition coefficient (Wildman–Crippen LogP) is 4.56. The van der Waals surface area contributed by atoms with Gasteiger partial charge in [0.2, 0.25) is 0 Å². The minimum Gasteiger partial charge on any atom is -0.496 e. The molecule has 0 bridgehead atoms. The Kier molecular flexibility index (Phi) is 3.34. The second kappa shape index (κ2) is 4.64. The van der Waals surface area contributed by atoms with Crippen LogP contribution in [0.1, 0.15) is 38.3 Å². The number of ether oxygens (including phenoxy) is 1. The fourth-order valence-corrected chi connectivity index (χ4v) is 2.56. The molecular weight excluding hydrogens is 220 g/mol. The van der Waals surface area contributed by atoms with Gasteiger partial charge in [0.1, 0.15) is 5.75 Å². The Morgan fingerprint density at radius 1 is 1.17 bits per heavy atom. The molecule has 0 saturated heterocycles. The van der Waals surface area contributed by atoms with Crippen LogP contribution in [0.5, 0.6) is 5.75 Å². The number of allylic oxidation sites excluding steroid dienone is 4. The SMILES string of the molecule is COc1ccc(C)cc1C(C)(C)C1=CCC(C)=C1. The van der Waals surface area contributed by atoms with Crippen LogP contribution in [-0.4, -0.2) is 7.11 Å². The lowest BCUT2D eigenvalue weighted by molar-refractivity contribution is 0.400. The van der Waals surface area contributed by atoms with Crippen LogP contribution >= 0.6 is 0 Å². The summed E-state index contributed by atoms with van der Waals surface area (Å²) < 4.78 is 5.53. The number of methoxy groups -OCH3 is 1. The third-order valence-electron chi connectivity index (χ3n) is 3.80. The third-order valence-corrected chi connectivity index (χ3v) is 3.80. The molecule has 0 fully saturated rings. The number of benzene rings is 1. The standard InChI is InChI=1S/C17H22O/c1-12-6-8-14(10-12)17(3,4)15-11-13(2)7-9-16(15)18-5/h7-11H,6H2,1-5H3. The maximum atomic E-state index is 5.53. The average molecular weight is 242 g/mol. The van der Waals surface area contributed by atoms with Crippen LogP contribution in [0, 0.1) is 6.92 Å². The minimum absolute atomic E-state index is 0.00484. The number of rotatable bonds is 3. The third kappa shape index (κ3) is 2.22. The number of aryl methyl sites for hydroxylation is 1. The molecule has 0 saturated carbocycles. The highest BCUT2D eigenvalue weighted by atomic mass is 16.5. The van der Waals surface area contributed by atoms with Crippen molar-refractivity contribution >= 4 is 0 Å². The van der Waals surface area contributed by atoms with E-state index in [1.54, 1.807) is 7.11 Å². The van der Waals surface area contributed by atoms with Gasteiger partial charge in [-0.3, -0.25) is 0 Å². The molecule has 0 aliphatic heterocycles. The molecule has 0 spiro atoms. The second-order valence-electron chi connectivity index (χ2n) is 5.68. The van der Waals surface area contributed by atoms with Gasteiger partial charge in [-0.15, -0.1) is 0 Å². The molecule has 1 heteroatoms. The summed E-state index contributed by atoms with van der Waals surface area (Å²) in [5.74, 6) is 0.976. The lowest BCUT2D eigenvalue weighted by atomic mass is 9.77. The maximum Gasteiger partial charge on any atom is 0.122 e. The zero-order valence-electron chi connectivity index (χ0n) is 12.0. The summed E-state index contributed by atoms with van der Waals surface area (Å²) in [5.41, 5.74) is 5.36. The van der Waals surface area contributed by atoms with E-state index in [9.17, 15) is 0 Å². The molecule has 96 valence electrons. The van der Waals surface area contributed by atoms with Crippen LogP contribution in [0.4, 0.5) is 0 Å². The molecule has 1 aliphatic rings. The van der Waals surface area contributed by atoms with Gasteiger partial charge >= 0.3 is 0 Å². The molecule has 0 radical (unpaired) electrons. The predicted molar refractivity (Wildman–Crippen MR) is 77.2 cm³/mol. The van der Waals surface area contributed by atoms with Crippen LogP contribution in [0.3, 0.4) is 0 Å². The Bertz CT molecular complexity index is 518. The molecule has 2 rings (SSSR count). The van der Waals surface area contributed by atoms with Crippen molar-refractivity contribution in [1.29, 1.82) is 0 Å². The van der Waals surface area contributed by atoms with E-state index in [1.165, 1.54) is 22.3 Å². The van der Waals surface area contributed by atoms with E-state index >= 15 is 0 Å². The van der Waals surface area contributed by atoms with Crippen LogP contribution in [0.25, 0.3) is 0 Å². The van der Waals surface area contributed by atoms with Crippen molar-refractivity contribution in [3.05, 3.63) is 52.6 Å². The summed E-state index contributed by atoms with van der Waals surface area (Å²) in [7, 11) is 1.74. The van der Waals surface area contributed by atoms with E-state index in [0.29, 0.717) is 0 Å². The van der Waals surface area contributed by atoms with Crippen molar-refractivity contribution < 1.29 is 4.74 Å². The van der Waals surface area contributed by atoms with Gasteiger partial charge in [-0.25, -0.2) is 0 Å². The molecule has 0 amide bonds. The molecule has 0 heterocycles.